The molecule has 6 heteroatoms. The fourth-order valence-electron chi connectivity index (χ4n) is 0.993. The van der Waals surface area contributed by atoms with E-state index >= 15 is 0 Å². The van der Waals surface area contributed by atoms with E-state index < -0.39 is 11.9 Å². The lowest BCUT2D eigenvalue weighted by Crippen LogP contribution is -2.35. The molecular weight excluding hydrogens is 295 g/mol. The highest BCUT2D eigenvalue weighted by Crippen LogP contribution is 2.20. The van der Waals surface area contributed by atoms with Crippen LogP contribution in [-0.2, 0) is 4.79 Å². The van der Waals surface area contributed by atoms with Gasteiger partial charge in [-0.05, 0) is 24.6 Å². The zero-order valence-corrected chi connectivity index (χ0v) is 10.9. The van der Waals surface area contributed by atoms with Gasteiger partial charge in [0.2, 0.25) is 5.91 Å². The molecule has 1 aromatic rings. The largest absolute Gasteiger partial charge is 0.325 e. The number of hydrogen-bond donors (Lipinski definition) is 2. The third-order valence-electron chi connectivity index (χ3n) is 1.80. The molecule has 1 rings (SSSR count). The average molecular weight is 306 g/mol. The number of urea groups is 1. The first-order valence-corrected chi connectivity index (χ1v) is 5.78. The van der Waals surface area contributed by atoms with Crippen molar-refractivity contribution in [3.8, 4) is 0 Å². The van der Waals surface area contributed by atoms with Crippen LogP contribution in [0.2, 0.25) is 0 Å². The van der Waals surface area contributed by atoms with Crippen LogP contribution in [0.1, 0.15) is 5.56 Å². The van der Waals surface area contributed by atoms with Crippen molar-refractivity contribution in [1.29, 1.82) is 0 Å². The lowest BCUT2D eigenvalue weighted by atomic mass is 10.2. The van der Waals surface area contributed by atoms with Crippen LogP contribution in [0.25, 0.3) is 0 Å². The Morgan fingerprint density at radius 1 is 1.44 bits per heavy atom. The monoisotopic (exact) mass is 304 g/mol. The average Bonchev–Trinajstić information content (AvgIpc) is 2.23. The van der Waals surface area contributed by atoms with E-state index in [1.54, 1.807) is 12.1 Å². The maximum atomic E-state index is 11.3. The third-order valence-corrected chi connectivity index (χ3v) is 2.90. The van der Waals surface area contributed by atoms with E-state index in [0.29, 0.717) is 5.69 Å². The molecule has 0 fully saturated rings. The second-order valence-electron chi connectivity index (χ2n) is 3.10. The number of nitrogens with one attached hydrogen (secondary N) is 2. The molecule has 1 aromatic carbocycles. The molecule has 0 aliphatic rings. The Labute approximate surface area is 106 Å². The lowest BCUT2D eigenvalue weighted by molar-refractivity contribution is -0.117. The zero-order chi connectivity index (χ0) is 12.1. The predicted molar refractivity (Wildman–Crippen MR) is 66.8 cm³/mol. The van der Waals surface area contributed by atoms with Crippen LogP contribution in [0, 0.1) is 6.92 Å². The first-order chi connectivity index (χ1) is 7.52. The van der Waals surface area contributed by atoms with E-state index in [1.165, 1.54) is 0 Å². The first kappa shape index (κ1) is 13.0. The van der Waals surface area contributed by atoms with Crippen molar-refractivity contribution in [1.82, 2.24) is 5.32 Å². The summed E-state index contributed by atoms with van der Waals surface area (Å²) >= 11 is 8.59. The molecule has 0 saturated heterocycles. The van der Waals surface area contributed by atoms with Gasteiger partial charge in [-0.2, -0.15) is 0 Å². The summed E-state index contributed by atoms with van der Waals surface area (Å²) in [6.07, 6.45) is 0. The van der Waals surface area contributed by atoms with E-state index in [-0.39, 0.29) is 5.88 Å². The number of alkyl halides is 1. The molecule has 0 unspecified atom stereocenters. The number of amides is 3. The SMILES string of the molecule is Cc1ccc(NC(=O)NC(=O)CCl)cc1Br. The number of carbonyl (C=O) groups excluding carboxylic acids is 2. The fourth-order valence-corrected chi connectivity index (χ4v) is 1.44. The van der Waals surface area contributed by atoms with Crippen molar-refractivity contribution in [3.05, 3.63) is 28.2 Å². The van der Waals surface area contributed by atoms with Gasteiger partial charge in [0, 0.05) is 10.2 Å². The number of halogens is 2. The van der Waals surface area contributed by atoms with Gasteiger partial charge in [-0.25, -0.2) is 4.79 Å². The van der Waals surface area contributed by atoms with Gasteiger partial charge < -0.3 is 5.32 Å². The second kappa shape index (κ2) is 5.86. The molecule has 0 bridgehead atoms. The molecule has 0 saturated carbocycles. The number of imide groups is 1. The summed E-state index contributed by atoms with van der Waals surface area (Å²) in [7, 11) is 0. The number of carbonyl (C=O) groups is 2. The Morgan fingerprint density at radius 3 is 2.69 bits per heavy atom. The van der Waals surface area contributed by atoms with Gasteiger partial charge in [0.05, 0.1) is 0 Å². The molecule has 16 heavy (non-hydrogen) atoms. The highest BCUT2D eigenvalue weighted by atomic mass is 79.9. The van der Waals surface area contributed by atoms with Gasteiger partial charge in [-0.3, -0.25) is 10.1 Å². The molecule has 0 aliphatic heterocycles. The van der Waals surface area contributed by atoms with Gasteiger partial charge in [-0.15, -0.1) is 11.6 Å². The topological polar surface area (TPSA) is 58.2 Å². The van der Waals surface area contributed by atoms with Crippen molar-refractivity contribution >= 4 is 45.2 Å². The van der Waals surface area contributed by atoms with Crippen LogP contribution >= 0.6 is 27.5 Å². The number of rotatable bonds is 2. The molecule has 0 aliphatic carbocycles. The number of benzene rings is 1. The third kappa shape index (κ3) is 3.83. The zero-order valence-electron chi connectivity index (χ0n) is 8.51. The van der Waals surface area contributed by atoms with Crippen LogP contribution in [-0.4, -0.2) is 17.8 Å². The van der Waals surface area contributed by atoms with E-state index in [9.17, 15) is 9.59 Å². The minimum Gasteiger partial charge on any atom is -0.308 e. The summed E-state index contributed by atoms with van der Waals surface area (Å²) in [5.41, 5.74) is 1.65. The molecule has 86 valence electrons. The van der Waals surface area contributed by atoms with E-state index in [0.717, 1.165) is 10.0 Å². The quantitative estimate of drug-likeness (QED) is 0.825. The Morgan fingerprint density at radius 2 is 2.12 bits per heavy atom. The Kier molecular flexibility index (Phi) is 4.76. The molecule has 0 spiro atoms. The van der Waals surface area contributed by atoms with E-state index in [4.69, 9.17) is 11.6 Å². The molecule has 0 aromatic heterocycles. The Bertz CT molecular complexity index is 423. The molecule has 0 heterocycles. The fraction of sp³-hybridized carbons (Fsp3) is 0.200. The maximum Gasteiger partial charge on any atom is 0.325 e. The summed E-state index contributed by atoms with van der Waals surface area (Å²) in [5.74, 6) is -0.782. The van der Waals surface area contributed by atoms with Crippen LogP contribution < -0.4 is 10.6 Å². The normalized spacial score (nSPS) is 9.69. The molecule has 0 atom stereocenters. The first-order valence-electron chi connectivity index (χ1n) is 4.46. The van der Waals surface area contributed by atoms with Crippen molar-refractivity contribution < 1.29 is 9.59 Å². The summed E-state index contributed by atoms with van der Waals surface area (Å²) in [5, 5.41) is 4.59. The van der Waals surface area contributed by atoms with Gasteiger partial charge in [-0.1, -0.05) is 22.0 Å². The van der Waals surface area contributed by atoms with Crippen molar-refractivity contribution in [2.75, 3.05) is 11.2 Å². The maximum absolute atomic E-state index is 11.3. The minimum absolute atomic E-state index is 0.245. The van der Waals surface area contributed by atoms with Crippen molar-refractivity contribution in [2.24, 2.45) is 0 Å². The highest BCUT2D eigenvalue weighted by Gasteiger charge is 2.06. The van der Waals surface area contributed by atoms with Gasteiger partial charge in [0.1, 0.15) is 5.88 Å². The number of aryl methyl sites for hydroxylation is 1. The second-order valence-corrected chi connectivity index (χ2v) is 4.22. The Balaban J connectivity index is 2.63. The van der Waals surface area contributed by atoms with Gasteiger partial charge in [0.25, 0.3) is 0 Å². The van der Waals surface area contributed by atoms with Crippen LogP contribution in [0.3, 0.4) is 0 Å². The smallest absolute Gasteiger partial charge is 0.308 e. The summed E-state index contributed by atoms with van der Waals surface area (Å²) in [6, 6.07) is 4.75. The van der Waals surface area contributed by atoms with Crippen LogP contribution in [0.4, 0.5) is 10.5 Å². The summed E-state index contributed by atoms with van der Waals surface area (Å²) < 4.78 is 0.883. The number of hydrogen-bond acceptors (Lipinski definition) is 2. The number of anilines is 1. The lowest BCUT2D eigenvalue weighted by Gasteiger charge is -2.06. The summed E-state index contributed by atoms with van der Waals surface area (Å²) in [4.78, 5) is 22.1. The van der Waals surface area contributed by atoms with Gasteiger partial charge >= 0.3 is 6.03 Å². The molecular formula is C10H10BrClN2O2. The van der Waals surface area contributed by atoms with E-state index in [1.807, 2.05) is 13.0 Å². The predicted octanol–water partition coefficient (Wildman–Crippen LogP) is 2.64. The van der Waals surface area contributed by atoms with Crippen molar-refractivity contribution in [2.45, 2.75) is 6.92 Å². The molecule has 2 N–H and O–H groups in total. The van der Waals surface area contributed by atoms with Gasteiger partial charge in [0.15, 0.2) is 0 Å². The van der Waals surface area contributed by atoms with Crippen molar-refractivity contribution in [3.63, 3.8) is 0 Å². The standard InChI is InChI=1S/C10H10BrClN2O2/c1-6-2-3-7(4-8(6)11)13-10(16)14-9(15)5-12/h2-4H,5H2,1H3,(H2,13,14,15,16). The van der Waals surface area contributed by atoms with Crippen LogP contribution in [0.5, 0.6) is 0 Å². The summed E-state index contributed by atoms with van der Waals surface area (Å²) in [6.45, 7) is 1.94. The Hall–Kier alpha value is -1.07. The minimum atomic E-state index is -0.596. The molecule has 3 amide bonds. The molecule has 4 nitrogen and oxygen atoms in total. The molecule has 0 radical (unpaired) electrons. The van der Waals surface area contributed by atoms with Crippen LogP contribution in [0.15, 0.2) is 22.7 Å². The van der Waals surface area contributed by atoms with E-state index in [2.05, 4.69) is 26.6 Å². The highest BCUT2D eigenvalue weighted by molar-refractivity contribution is 9.10.